The van der Waals surface area contributed by atoms with Gasteiger partial charge in [0, 0.05) is 76.0 Å². The molecule has 1 aliphatic rings. The maximum absolute atomic E-state index is 11.5. The van der Waals surface area contributed by atoms with E-state index in [9.17, 15) is 55.6 Å². The molecule has 1 radical (unpaired) electrons. The Labute approximate surface area is 272 Å². The third kappa shape index (κ3) is 13.2. The standard InChI is InChI=1S/C28H36N4O6.F6P.Mn/c1-27(2,3)21-13-19(31(35)36)11-17(25(21)33)15-29-23-9-7-8-10-24(23)30-16-18-12-20(32(37)38)14-22(26(18)34)28(4,5)6;1-7(2,3,4,5)6;/h11-16,23-24,33-34H,7-10H2,1-6H3;;/q;-1;. The number of nitro benzene ring substituents is 2. The molecule has 2 aromatic carbocycles. The van der Waals surface area contributed by atoms with Gasteiger partial charge in [-0.05, 0) is 23.7 Å². The summed E-state index contributed by atoms with van der Waals surface area (Å²) in [5.41, 5.74) is 0.188. The second kappa shape index (κ2) is 13.4. The molecular weight excluding hydrogens is 688 g/mol. The van der Waals surface area contributed by atoms with E-state index in [1.165, 1.54) is 36.7 Å². The van der Waals surface area contributed by atoms with Crippen molar-refractivity contribution in [3.05, 3.63) is 66.7 Å². The van der Waals surface area contributed by atoms with Gasteiger partial charge in [0.15, 0.2) is 0 Å². The van der Waals surface area contributed by atoms with Crippen LogP contribution in [0.15, 0.2) is 34.3 Å². The number of rotatable bonds is 6. The maximum atomic E-state index is 11.5. The molecule has 1 saturated carbocycles. The minimum absolute atomic E-state index is 0. The van der Waals surface area contributed by atoms with Crippen LogP contribution in [0.2, 0.25) is 0 Å². The molecule has 2 aromatic rings. The molecule has 0 amide bonds. The zero-order chi connectivity index (χ0) is 34.8. The van der Waals surface area contributed by atoms with Crippen molar-refractivity contribution in [2.24, 2.45) is 9.98 Å². The Balaban J connectivity index is 0.00000119. The zero-order valence-corrected chi connectivity index (χ0v) is 27.9. The molecular formula is C28H36F6MnN4O6P-. The molecule has 1 aliphatic carbocycles. The quantitative estimate of drug-likeness (QED) is 0.0756. The van der Waals surface area contributed by atoms with Gasteiger partial charge < -0.3 is 10.2 Å². The first kappa shape index (κ1) is 40.7. The van der Waals surface area contributed by atoms with Crippen LogP contribution < -0.4 is 0 Å². The van der Waals surface area contributed by atoms with Crippen molar-refractivity contribution in [3.8, 4) is 11.5 Å². The summed E-state index contributed by atoms with van der Waals surface area (Å²) in [7, 11) is -10.7. The van der Waals surface area contributed by atoms with Gasteiger partial charge in [-0.15, -0.1) is 0 Å². The minimum atomic E-state index is -10.7. The van der Waals surface area contributed by atoms with E-state index in [4.69, 9.17) is 0 Å². The minimum Gasteiger partial charge on any atom is 0 e. The van der Waals surface area contributed by atoms with Crippen LogP contribution in [-0.2, 0) is 27.9 Å². The average molecular weight is 725 g/mol. The number of phenolic OH excluding ortho intramolecular Hbond substituents is 2. The SMILES string of the molecule is CC(C)(C)c1cc([N+](=O)[O-])cc(C=NC2CCCCC2N=Cc2cc([N+](=O)[O-])cc(C(C)(C)C)c2O)c1O.F[P-](F)(F)(F)(F)F.[Mn]. The topological polar surface area (TPSA) is 151 Å². The Bertz CT molecular complexity index is 1410. The number of aliphatic imine (C=N–C) groups is 2. The van der Waals surface area contributed by atoms with E-state index in [-0.39, 0.29) is 63.2 Å². The molecule has 0 saturated heterocycles. The molecule has 0 heterocycles. The van der Waals surface area contributed by atoms with Gasteiger partial charge >= 0.3 is 33.0 Å². The molecule has 0 bridgehead atoms. The Kier molecular flexibility index (Phi) is 11.9. The van der Waals surface area contributed by atoms with E-state index in [1.54, 1.807) is 0 Å². The number of hydrogen-bond acceptors (Lipinski definition) is 8. The van der Waals surface area contributed by atoms with Crippen LogP contribution >= 0.6 is 7.81 Å². The monoisotopic (exact) mass is 724 g/mol. The van der Waals surface area contributed by atoms with Crippen molar-refractivity contribution in [3.63, 3.8) is 0 Å². The van der Waals surface area contributed by atoms with Crippen LogP contribution in [0.1, 0.15) is 89.5 Å². The molecule has 2 atom stereocenters. The normalized spacial score (nSPS) is 19.0. The Morgan fingerprint density at radius 2 is 1.00 bits per heavy atom. The predicted octanol–water partition coefficient (Wildman–Crippen LogP) is 9.74. The van der Waals surface area contributed by atoms with Crippen molar-refractivity contribution < 1.29 is 62.3 Å². The largest absolute Gasteiger partial charge is 0 e. The van der Waals surface area contributed by atoms with Gasteiger partial charge in [0.2, 0.25) is 0 Å². The van der Waals surface area contributed by atoms with Crippen LogP contribution in [0.5, 0.6) is 11.5 Å². The summed E-state index contributed by atoms with van der Waals surface area (Å²) < 4.78 is 59.2. The molecule has 10 nitrogen and oxygen atoms in total. The molecule has 3 rings (SSSR count). The Hall–Kier alpha value is -3.29. The summed E-state index contributed by atoms with van der Waals surface area (Å²) in [6, 6.07) is 4.89. The summed E-state index contributed by atoms with van der Waals surface area (Å²) in [4.78, 5) is 31.3. The molecule has 18 heteroatoms. The van der Waals surface area contributed by atoms with Crippen molar-refractivity contribution in [1.82, 2.24) is 0 Å². The number of phenols is 2. The molecule has 2 unspecified atom stereocenters. The first-order valence-corrected chi connectivity index (χ1v) is 15.7. The molecule has 0 aliphatic heterocycles. The third-order valence-electron chi connectivity index (χ3n) is 6.79. The average Bonchev–Trinajstić information content (AvgIpc) is 2.84. The number of hydrogen-bond donors (Lipinski definition) is 2. The fourth-order valence-corrected chi connectivity index (χ4v) is 4.62. The van der Waals surface area contributed by atoms with Gasteiger partial charge in [-0.3, -0.25) is 30.2 Å². The van der Waals surface area contributed by atoms with Crippen LogP contribution in [0, 0.1) is 20.2 Å². The van der Waals surface area contributed by atoms with E-state index < -0.39 is 28.5 Å². The summed E-state index contributed by atoms with van der Waals surface area (Å²) in [6.45, 7) is 11.2. The van der Waals surface area contributed by atoms with Gasteiger partial charge in [0.1, 0.15) is 11.5 Å². The second-order valence-corrected chi connectivity index (χ2v) is 14.7. The van der Waals surface area contributed by atoms with Crippen molar-refractivity contribution in [1.29, 1.82) is 0 Å². The first-order chi connectivity index (χ1) is 20.0. The maximum Gasteiger partial charge on any atom is 0 e. The van der Waals surface area contributed by atoms with Crippen molar-refractivity contribution in [2.45, 2.75) is 90.1 Å². The number of non-ortho nitro benzene ring substituents is 2. The molecule has 0 spiro atoms. The summed E-state index contributed by atoms with van der Waals surface area (Å²) in [6.07, 6.45) is 6.26. The van der Waals surface area contributed by atoms with Crippen LogP contribution in [0.25, 0.3) is 0 Å². The number of nitrogens with zero attached hydrogens (tertiary/aromatic N) is 4. The van der Waals surface area contributed by atoms with Gasteiger partial charge in [-0.2, -0.15) is 0 Å². The molecule has 2 N–H and O–H groups in total. The predicted molar refractivity (Wildman–Crippen MR) is 162 cm³/mol. The van der Waals surface area contributed by atoms with E-state index in [0.29, 0.717) is 11.1 Å². The Morgan fingerprint density at radius 3 is 1.24 bits per heavy atom. The van der Waals surface area contributed by atoms with E-state index >= 15 is 0 Å². The fraction of sp³-hybridized carbons (Fsp3) is 0.500. The number of aromatic hydroxyl groups is 2. The van der Waals surface area contributed by atoms with Crippen LogP contribution in [0.3, 0.4) is 0 Å². The second-order valence-electron chi connectivity index (χ2n) is 12.8. The van der Waals surface area contributed by atoms with Gasteiger partial charge in [-0.1, -0.05) is 54.4 Å². The summed E-state index contributed by atoms with van der Waals surface area (Å²) >= 11 is 0. The smallest absolute Gasteiger partial charge is 0 e. The summed E-state index contributed by atoms with van der Waals surface area (Å²) in [5.74, 6) is -0.0853. The third-order valence-corrected chi connectivity index (χ3v) is 6.79. The van der Waals surface area contributed by atoms with E-state index in [1.807, 2.05) is 41.5 Å². The van der Waals surface area contributed by atoms with E-state index in [0.717, 1.165) is 25.7 Å². The Morgan fingerprint density at radius 1 is 0.717 bits per heavy atom. The first-order valence-electron chi connectivity index (χ1n) is 13.7. The number of nitro groups is 2. The van der Waals surface area contributed by atoms with Gasteiger partial charge in [-0.25, -0.2) is 0 Å². The summed E-state index contributed by atoms with van der Waals surface area (Å²) in [5, 5.41) is 44.7. The number of halogens is 6. The van der Waals surface area contributed by atoms with Crippen LogP contribution in [0.4, 0.5) is 36.6 Å². The van der Waals surface area contributed by atoms with E-state index in [2.05, 4.69) is 9.98 Å². The molecule has 0 aromatic heterocycles. The molecule has 1 fully saturated rings. The van der Waals surface area contributed by atoms with Crippen molar-refractivity contribution in [2.75, 3.05) is 0 Å². The van der Waals surface area contributed by atoms with Gasteiger partial charge in [0.25, 0.3) is 11.4 Å². The van der Waals surface area contributed by atoms with Crippen LogP contribution in [-0.4, -0.2) is 44.6 Å². The zero-order valence-electron chi connectivity index (χ0n) is 25.9. The number of benzene rings is 2. The fourth-order valence-electron chi connectivity index (χ4n) is 4.62. The molecule has 46 heavy (non-hydrogen) atoms. The van der Waals surface area contributed by atoms with Gasteiger partial charge in [0.05, 0.1) is 21.9 Å². The van der Waals surface area contributed by atoms with Crippen molar-refractivity contribution >= 4 is 31.6 Å². The molecule has 259 valence electrons.